The number of rotatable bonds is 5. The fourth-order valence-corrected chi connectivity index (χ4v) is 2.95. The summed E-state index contributed by atoms with van der Waals surface area (Å²) in [6.07, 6.45) is 1.30. The lowest BCUT2D eigenvalue weighted by molar-refractivity contribution is 0.0515. The molecule has 0 radical (unpaired) electrons. The second kappa shape index (κ2) is 6.18. The number of aromatic nitrogens is 1. The molecule has 0 spiro atoms. The summed E-state index contributed by atoms with van der Waals surface area (Å²) < 4.78 is 45.9. The number of hydrogen-bond donors (Lipinski definition) is 1. The largest absolute Gasteiger partial charge is 0.461 e. The van der Waals surface area contributed by atoms with Gasteiger partial charge in [-0.25, -0.2) is 17.6 Å². The van der Waals surface area contributed by atoms with Crippen LogP contribution < -0.4 is 4.72 Å². The van der Waals surface area contributed by atoms with E-state index in [0.717, 1.165) is 12.1 Å². The number of nitrogens with one attached hydrogen (secondary N) is 1. The molecule has 1 N–H and O–H groups in total. The van der Waals surface area contributed by atoms with Crippen LogP contribution in [0.15, 0.2) is 41.4 Å². The van der Waals surface area contributed by atoms with Crippen LogP contribution in [0.4, 0.5) is 10.1 Å². The second-order valence-electron chi connectivity index (χ2n) is 4.50. The molecule has 0 atom stereocenters. The summed E-state index contributed by atoms with van der Waals surface area (Å²) in [7, 11) is -2.33. The van der Waals surface area contributed by atoms with E-state index in [-0.39, 0.29) is 22.9 Å². The maximum absolute atomic E-state index is 12.8. The molecule has 0 saturated carbocycles. The van der Waals surface area contributed by atoms with Crippen molar-refractivity contribution < 1.29 is 22.3 Å². The molecule has 2 rings (SSSR count). The van der Waals surface area contributed by atoms with E-state index in [1.807, 2.05) is 0 Å². The molecule has 6 nitrogen and oxygen atoms in total. The van der Waals surface area contributed by atoms with E-state index < -0.39 is 21.8 Å². The number of carbonyl (C=O) groups excluding carboxylic acids is 1. The average molecular weight is 326 g/mol. The number of anilines is 1. The van der Waals surface area contributed by atoms with Gasteiger partial charge in [0.15, 0.2) is 0 Å². The summed E-state index contributed by atoms with van der Waals surface area (Å²) in [6, 6.07) is 6.13. The first kappa shape index (κ1) is 16.0. The molecule has 1 aromatic heterocycles. The highest BCUT2D eigenvalue weighted by atomic mass is 32.2. The van der Waals surface area contributed by atoms with Crippen molar-refractivity contribution in [3.63, 3.8) is 0 Å². The first-order valence-electron chi connectivity index (χ1n) is 6.45. The highest BCUT2D eigenvalue weighted by molar-refractivity contribution is 7.92. The number of carbonyl (C=O) groups is 1. The molecule has 2 aromatic rings. The Morgan fingerprint density at radius 2 is 1.95 bits per heavy atom. The number of halogens is 1. The van der Waals surface area contributed by atoms with Crippen molar-refractivity contribution in [1.29, 1.82) is 0 Å². The number of nitrogens with zero attached hydrogens (tertiary/aromatic N) is 1. The molecule has 118 valence electrons. The molecule has 0 aliphatic rings. The Labute approximate surface area is 127 Å². The molecule has 1 aromatic carbocycles. The van der Waals surface area contributed by atoms with Crippen molar-refractivity contribution >= 4 is 21.7 Å². The molecule has 0 aliphatic heterocycles. The Bertz CT molecular complexity index is 782. The van der Waals surface area contributed by atoms with Gasteiger partial charge in [0.25, 0.3) is 10.0 Å². The predicted molar refractivity (Wildman–Crippen MR) is 78.6 cm³/mol. The standard InChI is InChI=1S/C14H15FN2O4S/c1-3-21-14(18)13-8-12(9-17(13)2)22(19,20)16-11-6-4-10(15)5-7-11/h4-9,16H,3H2,1-2H3. The Hall–Kier alpha value is -2.35. The zero-order valence-corrected chi connectivity index (χ0v) is 12.9. The van der Waals surface area contributed by atoms with Crippen molar-refractivity contribution in [2.75, 3.05) is 11.3 Å². The van der Waals surface area contributed by atoms with E-state index in [9.17, 15) is 17.6 Å². The molecule has 0 saturated heterocycles. The Morgan fingerprint density at radius 1 is 1.32 bits per heavy atom. The number of esters is 1. The fourth-order valence-electron chi connectivity index (χ4n) is 1.82. The van der Waals surface area contributed by atoms with Crippen LogP contribution in [0.25, 0.3) is 0 Å². The van der Waals surface area contributed by atoms with Crippen LogP contribution in [0.5, 0.6) is 0 Å². The molecular weight excluding hydrogens is 311 g/mol. The summed E-state index contributed by atoms with van der Waals surface area (Å²) in [5.41, 5.74) is 0.351. The molecule has 0 bridgehead atoms. The molecule has 22 heavy (non-hydrogen) atoms. The third-order valence-electron chi connectivity index (χ3n) is 2.87. The summed E-state index contributed by atoms with van der Waals surface area (Å²) >= 11 is 0. The van der Waals surface area contributed by atoms with Crippen LogP contribution in [0, 0.1) is 5.82 Å². The molecule has 0 unspecified atom stereocenters. The van der Waals surface area contributed by atoms with Gasteiger partial charge in [-0.15, -0.1) is 0 Å². The number of hydrogen-bond acceptors (Lipinski definition) is 4. The van der Waals surface area contributed by atoms with Crippen molar-refractivity contribution in [2.24, 2.45) is 7.05 Å². The molecule has 0 amide bonds. The first-order valence-corrected chi connectivity index (χ1v) is 7.93. The quantitative estimate of drug-likeness (QED) is 0.854. The Kier molecular flexibility index (Phi) is 4.51. The first-order chi connectivity index (χ1) is 10.3. The van der Waals surface area contributed by atoms with E-state index in [2.05, 4.69) is 4.72 Å². The summed E-state index contributed by atoms with van der Waals surface area (Å²) in [4.78, 5) is 11.6. The minimum Gasteiger partial charge on any atom is -0.461 e. The van der Waals surface area contributed by atoms with Crippen molar-refractivity contribution in [1.82, 2.24) is 4.57 Å². The molecule has 0 aliphatic carbocycles. The SMILES string of the molecule is CCOC(=O)c1cc(S(=O)(=O)Nc2ccc(F)cc2)cn1C. The van der Waals surface area contributed by atoms with Gasteiger partial charge in [-0.3, -0.25) is 4.72 Å². The van der Waals surface area contributed by atoms with Gasteiger partial charge in [-0.1, -0.05) is 0 Å². The maximum Gasteiger partial charge on any atom is 0.354 e. The van der Waals surface area contributed by atoms with E-state index in [4.69, 9.17) is 4.74 Å². The predicted octanol–water partition coefficient (Wildman–Crippen LogP) is 2.14. The van der Waals surface area contributed by atoms with Crippen LogP contribution in [0.2, 0.25) is 0 Å². The van der Waals surface area contributed by atoms with Gasteiger partial charge in [0.05, 0.1) is 6.61 Å². The summed E-state index contributed by atoms with van der Waals surface area (Å²) in [5, 5.41) is 0. The molecule has 1 heterocycles. The second-order valence-corrected chi connectivity index (χ2v) is 6.19. The lowest BCUT2D eigenvalue weighted by Crippen LogP contribution is -2.12. The highest BCUT2D eigenvalue weighted by Gasteiger charge is 2.21. The lowest BCUT2D eigenvalue weighted by atomic mass is 10.3. The zero-order valence-electron chi connectivity index (χ0n) is 12.0. The third-order valence-corrected chi connectivity index (χ3v) is 4.22. The van der Waals surface area contributed by atoms with E-state index >= 15 is 0 Å². The number of benzene rings is 1. The normalized spacial score (nSPS) is 11.2. The minimum atomic E-state index is -3.88. The van der Waals surface area contributed by atoms with Gasteiger partial charge in [0.2, 0.25) is 0 Å². The van der Waals surface area contributed by atoms with E-state index in [1.165, 1.54) is 29.0 Å². The van der Waals surface area contributed by atoms with Crippen molar-refractivity contribution in [3.05, 3.63) is 48.0 Å². The number of aryl methyl sites for hydroxylation is 1. The van der Waals surface area contributed by atoms with Gasteiger partial charge >= 0.3 is 5.97 Å². The topological polar surface area (TPSA) is 77.4 Å². The maximum atomic E-state index is 12.8. The van der Waals surface area contributed by atoms with Gasteiger partial charge in [0, 0.05) is 18.9 Å². The smallest absolute Gasteiger partial charge is 0.354 e. The van der Waals surface area contributed by atoms with Gasteiger partial charge in [-0.2, -0.15) is 0 Å². The van der Waals surface area contributed by atoms with Crippen LogP contribution in [0.3, 0.4) is 0 Å². The summed E-state index contributed by atoms with van der Waals surface area (Å²) in [6.45, 7) is 1.86. The molecular formula is C14H15FN2O4S. The Balaban J connectivity index is 2.28. The average Bonchev–Trinajstić information content (AvgIpc) is 2.84. The minimum absolute atomic E-state index is 0.0811. The van der Waals surface area contributed by atoms with E-state index in [1.54, 1.807) is 14.0 Å². The van der Waals surface area contributed by atoms with Crippen LogP contribution in [-0.4, -0.2) is 25.6 Å². The molecule has 0 fully saturated rings. The lowest BCUT2D eigenvalue weighted by Gasteiger charge is -2.05. The fraction of sp³-hybridized carbons (Fsp3) is 0.214. The Morgan fingerprint density at radius 3 is 2.55 bits per heavy atom. The monoisotopic (exact) mass is 326 g/mol. The van der Waals surface area contributed by atoms with Crippen molar-refractivity contribution in [2.45, 2.75) is 11.8 Å². The summed E-state index contributed by atoms with van der Waals surface area (Å²) in [5.74, 6) is -1.07. The zero-order chi connectivity index (χ0) is 16.3. The van der Waals surface area contributed by atoms with E-state index in [0.29, 0.717) is 0 Å². The highest BCUT2D eigenvalue weighted by Crippen LogP contribution is 2.19. The van der Waals surface area contributed by atoms with Crippen LogP contribution in [-0.2, 0) is 21.8 Å². The van der Waals surface area contributed by atoms with Gasteiger partial charge in [0.1, 0.15) is 16.4 Å². The van der Waals surface area contributed by atoms with Gasteiger partial charge in [-0.05, 0) is 37.3 Å². The number of sulfonamides is 1. The third kappa shape index (κ3) is 3.45. The molecule has 8 heteroatoms. The van der Waals surface area contributed by atoms with Crippen molar-refractivity contribution in [3.8, 4) is 0 Å². The van der Waals surface area contributed by atoms with Crippen LogP contribution in [0.1, 0.15) is 17.4 Å². The number of ether oxygens (including phenoxy) is 1. The van der Waals surface area contributed by atoms with Gasteiger partial charge < -0.3 is 9.30 Å². The van der Waals surface area contributed by atoms with Crippen LogP contribution >= 0.6 is 0 Å².